The Bertz CT molecular complexity index is 1220. The van der Waals surface area contributed by atoms with Crippen molar-refractivity contribution in [3.05, 3.63) is 54.1 Å². The summed E-state index contributed by atoms with van der Waals surface area (Å²) in [7, 11) is 0. The molecule has 9 heteroatoms. The molecule has 2 atom stereocenters. The van der Waals surface area contributed by atoms with Crippen LogP contribution in [-0.2, 0) is 20.9 Å². The van der Waals surface area contributed by atoms with Crippen LogP contribution in [0.1, 0.15) is 63.5 Å². The first kappa shape index (κ1) is 26.2. The average Bonchev–Trinajstić information content (AvgIpc) is 3.60. The molecule has 1 aliphatic carbocycles. The third-order valence-corrected chi connectivity index (χ3v) is 7.47. The lowest BCUT2D eigenvalue weighted by Gasteiger charge is -2.34. The zero-order valence-corrected chi connectivity index (χ0v) is 22.1. The van der Waals surface area contributed by atoms with E-state index in [-0.39, 0.29) is 30.5 Å². The predicted molar refractivity (Wildman–Crippen MR) is 144 cm³/mol. The normalized spacial score (nSPS) is 18.8. The van der Waals surface area contributed by atoms with Gasteiger partial charge in [0.05, 0.1) is 18.2 Å². The molecule has 1 N–H and O–H groups in total. The molecule has 1 aliphatic heterocycles. The third kappa shape index (κ3) is 6.15. The van der Waals surface area contributed by atoms with Gasteiger partial charge in [-0.05, 0) is 62.4 Å². The van der Waals surface area contributed by atoms with Crippen LogP contribution in [0.5, 0.6) is 5.75 Å². The number of nitrogens with zero attached hydrogens (tertiary/aromatic N) is 4. The molecule has 0 bridgehead atoms. The Morgan fingerprint density at radius 1 is 1.08 bits per heavy atom. The number of para-hydroxylation sites is 1. The smallest absolute Gasteiger partial charge is 0.247 e. The molecule has 38 heavy (non-hydrogen) atoms. The maximum absolute atomic E-state index is 14.0. The summed E-state index contributed by atoms with van der Waals surface area (Å²) in [4.78, 5) is 29.6. The largest absolute Gasteiger partial charge is 0.494 e. The molecule has 5 rings (SSSR count). The van der Waals surface area contributed by atoms with Crippen LogP contribution in [0.4, 0.5) is 0 Å². The van der Waals surface area contributed by atoms with Crippen molar-refractivity contribution in [2.45, 2.75) is 76.6 Å². The molecule has 0 unspecified atom stereocenters. The molecule has 3 aromatic rings. The number of fused-ring (bicyclic) bond motifs is 1. The number of benzene rings is 2. The number of hydrogen-bond donors (Lipinski definition) is 1. The molecule has 0 spiro atoms. The Morgan fingerprint density at radius 3 is 2.61 bits per heavy atom. The van der Waals surface area contributed by atoms with Crippen LogP contribution >= 0.6 is 0 Å². The fourth-order valence-electron chi connectivity index (χ4n) is 5.52. The quantitative estimate of drug-likeness (QED) is 0.434. The van der Waals surface area contributed by atoms with Crippen molar-refractivity contribution in [1.82, 2.24) is 25.2 Å². The van der Waals surface area contributed by atoms with E-state index in [9.17, 15) is 9.59 Å². The van der Waals surface area contributed by atoms with Gasteiger partial charge in [-0.15, -0.1) is 5.10 Å². The highest BCUT2D eigenvalue weighted by Gasteiger charge is 2.35. The summed E-state index contributed by atoms with van der Waals surface area (Å²) in [6, 6.07) is 14.4. The molecule has 1 aromatic heterocycles. The van der Waals surface area contributed by atoms with Crippen LogP contribution in [0.3, 0.4) is 0 Å². The highest BCUT2D eigenvalue weighted by molar-refractivity contribution is 5.89. The van der Waals surface area contributed by atoms with Crippen molar-refractivity contribution in [2.24, 2.45) is 0 Å². The third-order valence-electron chi connectivity index (χ3n) is 7.47. The van der Waals surface area contributed by atoms with Crippen molar-refractivity contribution in [3.63, 3.8) is 0 Å². The maximum atomic E-state index is 14.0. The number of ether oxygens (including phenoxy) is 2. The van der Waals surface area contributed by atoms with Crippen molar-refractivity contribution in [2.75, 3.05) is 19.8 Å². The van der Waals surface area contributed by atoms with Gasteiger partial charge in [-0.3, -0.25) is 9.59 Å². The molecule has 2 amide bonds. The van der Waals surface area contributed by atoms with Crippen molar-refractivity contribution < 1.29 is 19.1 Å². The standard InChI is InChI=1S/C29H37N5O4/c1-2-37-23-16-14-21(15-17-23)28(29(36)30-22-9-4-3-5-10-22)33(19-24-11-8-18-38-24)27(35)20-34-26-13-7-6-12-25(26)31-32-34/h6-7,12-17,22,24,28H,2-5,8-11,18-20H2,1H3,(H,30,36)/t24-,28-/m1/s1. The number of amides is 2. The number of hydrogen-bond acceptors (Lipinski definition) is 6. The molecule has 2 heterocycles. The summed E-state index contributed by atoms with van der Waals surface area (Å²) in [6.07, 6.45) is 7.04. The van der Waals surface area contributed by atoms with Crippen LogP contribution in [0.25, 0.3) is 11.0 Å². The Kier molecular flexibility index (Phi) is 8.53. The molecule has 0 radical (unpaired) electrons. The second-order valence-corrected chi connectivity index (χ2v) is 10.2. The summed E-state index contributed by atoms with van der Waals surface area (Å²) < 4.78 is 13.2. The second-order valence-electron chi connectivity index (χ2n) is 10.2. The van der Waals surface area contributed by atoms with E-state index >= 15 is 0 Å². The Balaban J connectivity index is 1.47. The van der Waals surface area contributed by atoms with Gasteiger partial charge < -0.3 is 19.7 Å². The minimum atomic E-state index is -0.793. The maximum Gasteiger partial charge on any atom is 0.247 e. The monoisotopic (exact) mass is 519 g/mol. The number of nitrogens with one attached hydrogen (secondary N) is 1. The summed E-state index contributed by atoms with van der Waals surface area (Å²) in [5, 5.41) is 11.7. The lowest BCUT2D eigenvalue weighted by atomic mass is 9.94. The summed E-state index contributed by atoms with van der Waals surface area (Å²) >= 11 is 0. The Hall–Kier alpha value is -3.46. The topological polar surface area (TPSA) is 98.6 Å². The SMILES string of the molecule is CCOc1ccc([C@H](C(=O)NC2CCCCC2)N(C[C@H]2CCCO2)C(=O)Cn2nnc3ccccc32)cc1. The molecule has 9 nitrogen and oxygen atoms in total. The summed E-state index contributed by atoms with van der Waals surface area (Å²) in [6.45, 7) is 3.48. The van der Waals surface area contributed by atoms with Gasteiger partial charge in [0, 0.05) is 19.2 Å². The molecule has 2 aromatic carbocycles. The first-order valence-corrected chi connectivity index (χ1v) is 13.8. The van der Waals surface area contributed by atoms with Crippen molar-refractivity contribution in [1.29, 1.82) is 0 Å². The molecular weight excluding hydrogens is 482 g/mol. The van der Waals surface area contributed by atoms with Crippen LogP contribution in [0.2, 0.25) is 0 Å². The first-order chi connectivity index (χ1) is 18.6. The molecular formula is C29H37N5O4. The van der Waals surface area contributed by atoms with Gasteiger partial charge in [-0.2, -0.15) is 0 Å². The molecule has 202 valence electrons. The van der Waals surface area contributed by atoms with Gasteiger partial charge in [-0.25, -0.2) is 4.68 Å². The number of rotatable bonds is 10. The molecule has 2 fully saturated rings. The minimum Gasteiger partial charge on any atom is -0.494 e. The first-order valence-electron chi connectivity index (χ1n) is 13.8. The fourth-order valence-corrected chi connectivity index (χ4v) is 5.52. The lowest BCUT2D eigenvalue weighted by Crippen LogP contribution is -2.49. The highest BCUT2D eigenvalue weighted by atomic mass is 16.5. The summed E-state index contributed by atoms with van der Waals surface area (Å²) in [5.74, 6) is 0.374. The number of carbonyl (C=O) groups is 2. The van der Waals surface area contributed by atoms with Gasteiger partial charge in [0.2, 0.25) is 11.8 Å². The van der Waals surface area contributed by atoms with Crippen molar-refractivity contribution in [3.8, 4) is 5.75 Å². The van der Waals surface area contributed by atoms with Gasteiger partial charge >= 0.3 is 0 Å². The fraction of sp³-hybridized carbons (Fsp3) is 0.517. The Labute approximate surface area is 223 Å². The average molecular weight is 520 g/mol. The number of aromatic nitrogens is 3. The second kappa shape index (κ2) is 12.4. The molecule has 2 aliphatic rings. The minimum absolute atomic E-state index is 0.0164. The lowest BCUT2D eigenvalue weighted by molar-refractivity contribution is -0.143. The molecule has 1 saturated heterocycles. The van der Waals surface area contributed by atoms with Crippen LogP contribution in [0.15, 0.2) is 48.5 Å². The van der Waals surface area contributed by atoms with Gasteiger partial charge in [0.1, 0.15) is 23.9 Å². The van der Waals surface area contributed by atoms with Crippen molar-refractivity contribution >= 4 is 22.8 Å². The highest BCUT2D eigenvalue weighted by Crippen LogP contribution is 2.28. The van der Waals surface area contributed by atoms with Crippen LogP contribution in [0, 0.1) is 0 Å². The molecule has 1 saturated carbocycles. The van der Waals surface area contributed by atoms with Gasteiger partial charge in [0.15, 0.2) is 0 Å². The van der Waals surface area contributed by atoms with E-state index in [1.54, 1.807) is 9.58 Å². The van der Waals surface area contributed by atoms with E-state index in [1.165, 1.54) is 6.42 Å². The summed E-state index contributed by atoms with van der Waals surface area (Å²) in [5.41, 5.74) is 2.25. The van der Waals surface area contributed by atoms with E-state index in [1.807, 2.05) is 55.5 Å². The number of carbonyl (C=O) groups excluding carboxylic acids is 2. The van der Waals surface area contributed by atoms with Crippen LogP contribution in [-0.4, -0.2) is 63.6 Å². The van der Waals surface area contributed by atoms with E-state index in [0.717, 1.165) is 60.9 Å². The zero-order chi connectivity index (χ0) is 26.3. The van der Waals surface area contributed by atoms with Gasteiger partial charge in [0.25, 0.3) is 0 Å². The van der Waals surface area contributed by atoms with E-state index in [0.29, 0.717) is 19.8 Å². The van der Waals surface area contributed by atoms with E-state index in [2.05, 4.69) is 15.6 Å². The van der Waals surface area contributed by atoms with E-state index in [4.69, 9.17) is 9.47 Å². The van der Waals surface area contributed by atoms with E-state index < -0.39 is 6.04 Å². The predicted octanol–water partition coefficient (Wildman–Crippen LogP) is 4.03. The zero-order valence-electron chi connectivity index (χ0n) is 22.1. The van der Waals surface area contributed by atoms with Crippen LogP contribution < -0.4 is 10.1 Å². The van der Waals surface area contributed by atoms with Gasteiger partial charge in [-0.1, -0.05) is 48.7 Å². The Morgan fingerprint density at radius 2 is 1.87 bits per heavy atom.